The number of hydrogen-bond acceptors (Lipinski definition) is 6. The van der Waals surface area contributed by atoms with E-state index in [0.717, 1.165) is 6.42 Å². The molecule has 0 spiro atoms. The number of anilines is 1. The third-order valence-corrected chi connectivity index (χ3v) is 2.27. The molecule has 3 N–H and O–H groups in total. The Kier molecular flexibility index (Phi) is 5.04. The van der Waals surface area contributed by atoms with Gasteiger partial charge in [0.05, 0.1) is 0 Å². The van der Waals surface area contributed by atoms with Crippen LogP contribution in [0.3, 0.4) is 0 Å². The number of carbonyl (C=O) groups is 2. The molecule has 0 saturated heterocycles. The molecule has 0 bridgehead atoms. The Morgan fingerprint density at radius 3 is 2.72 bits per heavy atom. The van der Waals surface area contributed by atoms with Crippen LogP contribution in [0.15, 0.2) is 12.4 Å². The number of hydrogen-bond donors (Lipinski definition) is 2. The highest BCUT2D eigenvalue weighted by molar-refractivity contribution is 5.93. The van der Waals surface area contributed by atoms with Gasteiger partial charge in [-0.15, -0.1) is 0 Å². The molecular formula is C11H16N4O3. The van der Waals surface area contributed by atoms with Crippen molar-refractivity contribution in [1.29, 1.82) is 0 Å². The molecule has 1 amide bonds. The SMILES string of the molecule is CC[C@H](C)NC(=O)COC(=O)c1nccnc1N. The highest BCUT2D eigenvalue weighted by atomic mass is 16.5. The number of nitrogen functional groups attached to an aromatic ring is 1. The van der Waals surface area contributed by atoms with E-state index in [2.05, 4.69) is 15.3 Å². The summed E-state index contributed by atoms with van der Waals surface area (Å²) >= 11 is 0. The van der Waals surface area contributed by atoms with E-state index < -0.39 is 5.97 Å². The number of rotatable bonds is 5. The van der Waals surface area contributed by atoms with Crippen molar-refractivity contribution in [2.45, 2.75) is 26.3 Å². The van der Waals surface area contributed by atoms with E-state index >= 15 is 0 Å². The molecule has 0 aliphatic carbocycles. The fourth-order valence-corrected chi connectivity index (χ4v) is 1.12. The zero-order chi connectivity index (χ0) is 13.5. The van der Waals surface area contributed by atoms with Crippen LogP contribution in [-0.2, 0) is 9.53 Å². The van der Waals surface area contributed by atoms with Crippen molar-refractivity contribution in [3.8, 4) is 0 Å². The summed E-state index contributed by atoms with van der Waals surface area (Å²) in [6.07, 6.45) is 3.49. The molecule has 98 valence electrons. The lowest BCUT2D eigenvalue weighted by molar-refractivity contribution is -0.124. The van der Waals surface area contributed by atoms with Crippen molar-refractivity contribution in [2.24, 2.45) is 0 Å². The average Bonchev–Trinajstić information content (AvgIpc) is 2.36. The molecule has 0 saturated carbocycles. The smallest absolute Gasteiger partial charge is 0.361 e. The number of nitrogens with two attached hydrogens (primary N) is 1. The standard InChI is InChI=1S/C11H16N4O3/c1-3-7(2)15-8(16)6-18-11(17)9-10(12)14-5-4-13-9/h4-5,7H,3,6H2,1-2H3,(H2,12,14)(H,15,16)/t7-/m0/s1. The second kappa shape index (κ2) is 6.53. The van der Waals surface area contributed by atoms with Gasteiger partial charge in [0.2, 0.25) is 0 Å². The van der Waals surface area contributed by atoms with Crippen LogP contribution >= 0.6 is 0 Å². The van der Waals surface area contributed by atoms with Gasteiger partial charge in [-0.25, -0.2) is 14.8 Å². The van der Waals surface area contributed by atoms with Crippen LogP contribution in [0.4, 0.5) is 5.82 Å². The topological polar surface area (TPSA) is 107 Å². The van der Waals surface area contributed by atoms with Crippen molar-refractivity contribution < 1.29 is 14.3 Å². The number of nitrogens with one attached hydrogen (secondary N) is 1. The average molecular weight is 252 g/mol. The van der Waals surface area contributed by atoms with Gasteiger partial charge < -0.3 is 15.8 Å². The number of amides is 1. The zero-order valence-corrected chi connectivity index (χ0v) is 10.3. The summed E-state index contributed by atoms with van der Waals surface area (Å²) in [5, 5.41) is 2.67. The van der Waals surface area contributed by atoms with Crippen molar-refractivity contribution in [3.63, 3.8) is 0 Å². The van der Waals surface area contributed by atoms with Gasteiger partial charge in [-0.3, -0.25) is 4.79 Å². The number of aromatic nitrogens is 2. The summed E-state index contributed by atoms with van der Waals surface area (Å²) in [6, 6.07) is 0.0396. The van der Waals surface area contributed by atoms with Gasteiger partial charge in [0.1, 0.15) is 0 Å². The maximum absolute atomic E-state index is 11.5. The summed E-state index contributed by atoms with van der Waals surface area (Å²) in [6.45, 7) is 3.44. The predicted molar refractivity (Wildman–Crippen MR) is 64.6 cm³/mol. The van der Waals surface area contributed by atoms with Crippen LogP contribution in [0.5, 0.6) is 0 Å². The van der Waals surface area contributed by atoms with E-state index in [1.165, 1.54) is 12.4 Å². The first-order valence-corrected chi connectivity index (χ1v) is 5.57. The highest BCUT2D eigenvalue weighted by Gasteiger charge is 2.15. The highest BCUT2D eigenvalue weighted by Crippen LogP contribution is 2.04. The molecule has 0 radical (unpaired) electrons. The van der Waals surface area contributed by atoms with Crippen molar-refractivity contribution >= 4 is 17.7 Å². The molecule has 1 aromatic rings. The van der Waals surface area contributed by atoms with Crippen LogP contribution in [0.2, 0.25) is 0 Å². The minimum Gasteiger partial charge on any atom is -0.451 e. The predicted octanol–water partition coefficient (Wildman–Crippen LogP) is 0.130. The van der Waals surface area contributed by atoms with Crippen LogP contribution in [0.1, 0.15) is 30.8 Å². The van der Waals surface area contributed by atoms with E-state index in [4.69, 9.17) is 10.5 Å². The lowest BCUT2D eigenvalue weighted by atomic mass is 10.2. The van der Waals surface area contributed by atoms with E-state index in [0.29, 0.717) is 0 Å². The molecule has 7 heteroatoms. The Labute approximate surface area is 105 Å². The molecule has 0 fully saturated rings. The summed E-state index contributed by atoms with van der Waals surface area (Å²) in [5.41, 5.74) is 5.37. The minimum atomic E-state index is -0.764. The fourth-order valence-electron chi connectivity index (χ4n) is 1.12. The van der Waals surface area contributed by atoms with Crippen molar-refractivity contribution in [2.75, 3.05) is 12.3 Å². The maximum Gasteiger partial charge on any atom is 0.361 e. The first-order chi connectivity index (χ1) is 8.54. The summed E-state index contributed by atoms with van der Waals surface area (Å²) in [5.74, 6) is -1.15. The Morgan fingerprint density at radius 1 is 1.44 bits per heavy atom. The number of ether oxygens (including phenoxy) is 1. The summed E-state index contributed by atoms with van der Waals surface area (Å²) in [4.78, 5) is 30.4. The lowest BCUT2D eigenvalue weighted by Gasteiger charge is -2.11. The monoisotopic (exact) mass is 252 g/mol. The normalized spacial score (nSPS) is 11.7. The first-order valence-electron chi connectivity index (χ1n) is 5.57. The van der Waals surface area contributed by atoms with Gasteiger partial charge >= 0.3 is 5.97 Å². The van der Waals surface area contributed by atoms with Crippen LogP contribution in [0, 0.1) is 0 Å². The zero-order valence-electron chi connectivity index (χ0n) is 10.3. The van der Waals surface area contributed by atoms with Gasteiger partial charge in [-0.1, -0.05) is 6.92 Å². The quantitative estimate of drug-likeness (QED) is 0.721. The summed E-state index contributed by atoms with van der Waals surface area (Å²) < 4.78 is 4.78. The number of carbonyl (C=O) groups excluding carboxylic acids is 2. The first kappa shape index (κ1) is 13.9. The molecule has 0 aromatic carbocycles. The third kappa shape index (κ3) is 4.00. The Balaban J connectivity index is 2.47. The molecule has 0 aliphatic rings. The van der Waals surface area contributed by atoms with E-state index in [-0.39, 0.29) is 30.1 Å². The fraction of sp³-hybridized carbons (Fsp3) is 0.455. The summed E-state index contributed by atoms with van der Waals surface area (Å²) in [7, 11) is 0. The third-order valence-electron chi connectivity index (χ3n) is 2.27. The molecule has 1 rings (SSSR count). The largest absolute Gasteiger partial charge is 0.451 e. The number of esters is 1. The molecular weight excluding hydrogens is 236 g/mol. The molecule has 18 heavy (non-hydrogen) atoms. The van der Waals surface area contributed by atoms with Crippen LogP contribution in [-0.4, -0.2) is 34.5 Å². The Morgan fingerprint density at radius 2 is 2.11 bits per heavy atom. The van der Waals surface area contributed by atoms with Gasteiger partial charge in [0, 0.05) is 18.4 Å². The van der Waals surface area contributed by atoms with Crippen molar-refractivity contribution in [3.05, 3.63) is 18.1 Å². The molecule has 0 aliphatic heterocycles. The molecule has 7 nitrogen and oxygen atoms in total. The van der Waals surface area contributed by atoms with E-state index in [1.54, 1.807) is 0 Å². The minimum absolute atomic E-state index is 0.0233. The van der Waals surface area contributed by atoms with Gasteiger partial charge in [0.25, 0.3) is 5.91 Å². The van der Waals surface area contributed by atoms with Gasteiger partial charge in [-0.05, 0) is 13.3 Å². The van der Waals surface area contributed by atoms with E-state index in [1.807, 2.05) is 13.8 Å². The molecule has 1 aromatic heterocycles. The Bertz CT molecular complexity index is 436. The Hall–Kier alpha value is -2.18. The molecule has 0 unspecified atom stereocenters. The van der Waals surface area contributed by atoms with Crippen LogP contribution < -0.4 is 11.1 Å². The van der Waals surface area contributed by atoms with Gasteiger partial charge in [0.15, 0.2) is 18.1 Å². The maximum atomic E-state index is 11.5. The lowest BCUT2D eigenvalue weighted by Crippen LogP contribution is -2.35. The molecule has 1 atom stereocenters. The van der Waals surface area contributed by atoms with E-state index in [9.17, 15) is 9.59 Å². The van der Waals surface area contributed by atoms with Crippen LogP contribution in [0.25, 0.3) is 0 Å². The number of nitrogens with zero attached hydrogens (tertiary/aromatic N) is 2. The second-order valence-corrected chi connectivity index (χ2v) is 3.74. The second-order valence-electron chi connectivity index (χ2n) is 3.74. The van der Waals surface area contributed by atoms with Gasteiger partial charge in [-0.2, -0.15) is 0 Å². The van der Waals surface area contributed by atoms with Crippen molar-refractivity contribution in [1.82, 2.24) is 15.3 Å². The molecule has 1 heterocycles.